The molecule has 0 aliphatic carbocycles. The highest BCUT2D eigenvalue weighted by atomic mass is 16.1. The number of nitrogens with zero attached hydrogens (tertiary/aromatic N) is 1. The summed E-state index contributed by atoms with van der Waals surface area (Å²) in [6, 6.07) is 6.25. The van der Waals surface area contributed by atoms with Crippen molar-refractivity contribution in [1.82, 2.24) is 5.32 Å². The monoisotopic (exact) mass is 263 g/mol. The smallest absolute Gasteiger partial charge is 0.236 e. The predicted octanol–water partition coefficient (Wildman–Crippen LogP) is 1.66. The fraction of sp³-hybridized carbons (Fsp3) is 0.533. The summed E-state index contributed by atoms with van der Waals surface area (Å²) < 4.78 is 0. The van der Waals surface area contributed by atoms with Crippen LogP contribution < -0.4 is 16.0 Å². The Kier molecular flexibility index (Phi) is 5.83. The summed E-state index contributed by atoms with van der Waals surface area (Å²) >= 11 is 0. The zero-order chi connectivity index (χ0) is 14.4. The minimum atomic E-state index is -0.316. The van der Waals surface area contributed by atoms with E-state index >= 15 is 0 Å². The topological polar surface area (TPSA) is 58.4 Å². The van der Waals surface area contributed by atoms with E-state index in [9.17, 15) is 4.79 Å². The summed E-state index contributed by atoms with van der Waals surface area (Å²) in [5.74, 6) is 0.306. The first-order valence-corrected chi connectivity index (χ1v) is 6.70. The average molecular weight is 263 g/mol. The third-order valence-corrected chi connectivity index (χ3v) is 2.91. The molecular formula is C15H25N3O. The number of benzene rings is 1. The highest BCUT2D eigenvalue weighted by Gasteiger charge is 2.09. The number of primary amides is 1. The van der Waals surface area contributed by atoms with E-state index in [-0.39, 0.29) is 12.5 Å². The van der Waals surface area contributed by atoms with Crippen LogP contribution in [0.25, 0.3) is 0 Å². The van der Waals surface area contributed by atoms with Crippen LogP contribution in [-0.2, 0) is 11.3 Å². The molecule has 1 amide bonds. The lowest BCUT2D eigenvalue weighted by Crippen LogP contribution is -2.31. The van der Waals surface area contributed by atoms with Crippen LogP contribution in [0.15, 0.2) is 18.2 Å². The molecule has 4 nitrogen and oxygen atoms in total. The van der Waals surface area contributed by atoms with Gasteiger partial charge in [0, 0.05) is 19.3 Å². The quantitative estimate of drug-likeness (QED) is 0.786. The summed E-state index contributed by atoms with van der Waals surface area (Å²) in [5, 5.41) is 3.43. The highest BCUT2D eigenvalue weighted by Crippen LogP contribution is 2.20. The molecule has 1 aromatic carbocycles. The van der Waals surface area contributed by atoms with Crippen LogP contribution in [0.5, 0.6) is 0 Å². The highest BCUT2D eigenvalue weighted by molar-refractivity contribution is 5.79. The SMILES string of the molecule is Cc1ccc(N(C)CC(N)=O)c(CNCC(C)C)c1. The van der Waals surface area contributed by atoms with Crippen molar-refractivity contribution in [2.75, 3.05) is 25.0 Å². The Bertz CT molecular complexity index is 429. The third-order valence-electron chi connectivity index (χ3n) is 2.91. The van der Waals surface area contributed by atoms with Gasteiger partial charge in [0.1, 0.15) is 0 Å². The molecule has 0 saturated carbocycles. The van der Waals surface area contributed by atoms with Crippen LogP contribution >= 0.6 is 0 Å². The van der Waals surface area contributed by atoms with E-state index in [0.717, 1.165) is 18.8 Å². The number of nitrogens with one attached hydrogen (secondary N) is 1. The lowest BCUT2D eigenvalue weighted by molar-refractivity contribution is -0.116. The molecule has 19 heavy (non-hydrogen) atoms. The summed E-state index contributed by atoms with van der Waals surface area (Å²) in [5.41, 5.74) is 8.73. The molecule has 0 bridgehead atoms. The van der Waals surface area contributed by atoms with Crippen molar-refractivity contribution < 1.29 is 4.79 Å². The van der Waals surface area contributed by atoms with Crippen LogP contribution in [0.4, 0.5) is 5.69 Å². The Labute approximate surface area is 116 Å². The van der Waals surface area contributed by atoms with Gasteiger partial charge in [-0.15, -0.1) is 0 Å². The fourth-order valence-corrected chi connectivity index (χ4v) is 2.04. The molecule has 0 aliphatic rings. The van der Waals surface area contributed by atoms with E-state index in [2.05, 4.69) is 38.2 Å². The average Bonchev–Trinajstić information content (AvgIpc) is 2.27. The molecule has 0 unspecified atom stereocenters. The molecule has 1 aromatic rings. The molecule has 106 valence electrons. The minimum Gasteiger partial charge on any atom is -0.368 e. The fourth-order valence-electron chi connectivity index (χ4n) is 2.04. The minimum absolute atomic E-state index is 0.236. The Morgan fingerprint density at radius 2 is 2.11 bits per heavy atom. The third kappa shape index (κ3) is 5.30. The van der Waals surface area contributed by atoms with Crippen molar-refractivity contribution in [2.45, 2.75) is 27.3 Å². The van der Waals surface area contributed by atoms with Crippen molar-refractivity contribution in [3.63, 3.8) is 0 Å². The number of rotatable bonds is 7. The van der Waals surface area contributed by atoms with Gasteiger partial charge in [-0.2, -0.15) is 0 Å². The largest absolute Gasteiger partial charge is 0.368 e. The number of anilines is 1. The van der Waals surface area contributed by atoms with Gasteiger partial charge in [0.05, 0.1) is 6.54 Å². The molecule has 0 saturated heterocycles. The molecule has 4 heteroatoms. The van der Waals surface area contributed by atoms with Crippen molar-refractivity contribution >= 4 is 11.6 Å². The van der Waals surface area contributed by atoms with Crippen LogP contribution in [0.1, 0.15) is 25.0 Å². The number of amides is 1. The molecule has 0 spiro atoms. The molecule has 0 heterocycles. The number of aryl methyl sites for hydroxylation is 1. The van der Waals surface area contributed by atoms with E-state index < -0.39 is 0 Å². The number of likely N-dealkylation sites (N-methyl/N-ethyl adjacent to an activating group) is 1. The van der Waals surface area contributed by atoms with Crippen LogP contribution in [0, 0.1) is 12.8 Å². The van der Waals surface area contributed by atoms with Crippen molar-refractivity contribution in [1.29, 1.82) is 0 Å². The van der Waals surface area contributed by atoms with Crippen molar-refractivity contribution in [3.8, 4) is 0 Å². The van der Waals surface area contributed by atoms with E-state index in [4.69, 9.17) is 5.73 Å². The van der Waals surface area contributed by atoms with Gasteiger partial charge in [-0.25, -0.2) is 0 Å². The molecule has 1 rings (SSSR count). The molecular weight excluding hydrogens is 238 g/mol. The van der Waals surface area contributed by atoms with E-state index in [0.29, 0.717) is 5.92 Å². The van der Waals surface area contributed by atoms with Crippen LogP contribution in [-0.4, -0.2) is 26.0 Å². The number of hydrogen-bond acceptors (Lipinski definition) is 3. The number of carbonyl (C=O) groups excluding carboxylic acids is 1. The van der Waals surface area contributed by atoms with Crippen molar-refractivity contribution in [2.24, 2.45) is 11.7 Å². The summed E-state index contributed by atoms with van der Waals surface area (Å²) in [4.78, 5) is 12.9. The van der Waals surface area contributed by atoms with E-state index in [1.165, 1.54) is 11.1 Å². The molecule has 3 N–H and O–H groups in total. The zero-order valence-electron chi connectivity index (χ0n) is 12.4. The van der Waals surface area contributed by atoms with Crippen LogP contribution in [0.2, 0.25) is 0 Å². The maximum atomic E-state index is 11.0. The Balaban J connectivity index is 2.81. The maximum Gasteiger partial charge on any atom is 0.236 e. The van der Waals surface area contributed by atoms with Gasteiger partial charge in [0.2, 0.25) is 5.91 Å². The van der Waals surface area contributed by atoms with Gasteiger partial charge in [0.15, 0.2) is 0 Å². The number of nitrogens with two attached hydrogens (primary N) is 1. The summed E-state index contributed by atoms with van der Waals surface area (Å²) in [6.45, 7) is 8.46. The molecule has 0 radical (unpaired) electrons. The first-order valence-electron chi connectivity index (χ1n) is 6.70. The Morgan fingerprint density at radius 1 is 1.42 bits per heavy atom. The second kappa shape index (κ2) is 7.14. The molecule has 0 aromatic heterocycles. The first-order chi connectivity index (χ1) is 8.90. The van der Waals surface area contributed by atoms with Gasteiger partial charge in [-0.05, 0) is 31.0 Å². The number of carbonyl (C=O) groups is 1. The maximum absolute atomic E-state index is 11.0. The van der Waals surface area contributed by atoms with Gasteiger partial charge in [-0.1, -0.05) is 31.5 Å². The van der Waals surface area contributed by atoms with Crippen molar-refractivity contribution in [3.05, 3.63) is 29.3 Å². The normalized spacial score (nSPS) is 10.8. The van der Waals surface area contributed by atoms with Gasteiger partial charge < -0.3 is 16.0 Å². The standard InChI is InChI=1S/C15H25N3O/c1-11(2)8-17-9-13-7-12(3)5-6-14(13)18(4)10-15(16)19/h5-7,11,17H,8-10H2,1-4H3,(H2,16,19). The summed E-state index contributed by atoms with van der Waals surface area (Å²) in [6.07, 6.45) is 0. The van der Waals surface area contributed by atoms with Crippen LogP contribution in [0.3, 0.4) is 0 Å². The Morgan fingerprint density at radius 3 is 2.68 bits per heavy atom. The molecule has 0 atom stereocenters. The van der Waals surface area contributed by atoms with E-state index in [1.54, 1.807) is 0 Å². The van der Waals surface area contributed by atoms with E-state index in [1.807, 2.05) is 18.0 Å². The number of hydrogen-bond donors (Lipinski definition) is 2. The lowest BCUT2D eigenvalue weighted by atomic mass is 10.1. The predicted molar refractivity (Wildman–Crippen MR) is 80.2 cm³/mol. The Hall–Kier alpha value is -1.55. The van der Waals surface area contributed by atoms with Gasteiger partial charge >= 0.3 is 0 Å². The summed E-state index contributed by atoms with van der Waals surface area (Å²) in [7, 11) is 1.89. The molecule has 0 aliphatic heterocycles. The molecule has 0 fully saturated rings. The zero-order valence-corrected chi connectivity index (χ0v) is 12.4. The second-order valence-corrected chi connectivity index (χ2v) is 5.48. The first kappa shape index (κ1) is 15.5. The lowest BCUT2D eigenvalue weighted by Gasteiger charge is -2.22. The van der Waals surface area contributed by atoms with Gasteiger partial charge in [0.25, 0.3) is 0 Å². The second-order valence-electron chi connectivity index (χ2n) is 5.48. The van der Waals surface area contributed by atoms with Gasteiger partial charge in [-0.3, -0.25) is 4.79 Å².